The summed E-state index contributed by atoms with van der Waals surface area (Å²) < 4.78 is 0. The average molecular weight is 198 g/mol. The van der Waals surface area contributed by atoms with Gasteiger partial charge in [-0.15, -0.1) is 0 Å². The third-order valence-electron chi connectivity index (χ3n) is 2.55. The molecule has 13 heavy (non-hydrogen) atoms. The number of benzene rings is 1. The molecule has 1 aromatic carbocycles. The lowest BCUT2D eigenvalue weighted by molar-refractivity contribution is 0.773. The van der Waals surface area contributed by atoms with Crippen LogP contribution in [-0.4, -0.2) is 6.54 Å². The fourth-order valence-electron chi connectivity index (χ4n) is 1.26. The highest BCUT2D eigenvalue weighted by Gasteiger charge is 2.07. The second-order valence-corrected chi connectivity index (χ2v) is 3.99. The van der Waals surface area contributed by atoms with Gasteiger partial charge in [0, 0.05) is 5.02 Å². The summed E-state index contributed by atoms with van der Waals surface area (Å²) in [5, 5.41) is 0.843. The highest BCUT2D eigenvalue weighted by atomic mass is 35.5. The molecule has 0 aliphatic heterocycles. The van der Waals surface area contributed by atoms with Gasteiger partial charge in [0.2, 0.25) is 0 Å². The maximum absolute atomic E-state index is 6.08. The van der Waals surface area contributed by atoms with Gasteiger partial charge < -0.3 is 5.73 Å². The number of hydrogen-bond donors (Lipinski definition) is 1. The largest absolute Gasteiger partial charge is 0.330 e. The Morgan fingerprint density at radius 2 is 2.00 bits per heavy atom. The van der Waals surface area contributed by atoms with E-state index in [0.29, 0.717) is 12.5 Å². The fraction of sp³-hybridized carbons (Fsp3) is 0.455. The van der Waals surface area contributed by atoms with E-state index in [2.05, 4.69) is 19.9 Å². The van der Waals surface area contributed by atoms with Crippen molar-refractivity contribution >= 4 is 11.6 Å². The molecule has 1 rings (SSSR count). The first-order chi connectivity index (χ1) is 6.06. The van der Waals surface area contributed by atoms with Crippen molar-refractivity contribution in [2.24, 2.45) is 5.73 Å². The molecule has 0 aliphatic carbocycles. The van der Waals surface area contributed by atoms with Crippen LogP contribution in [0, 0.1) is 13.8 Å². The van der Waals surface area contributed by atoms with Crippen molar-refractivity contribution < 1.29 is 0 Å². The van der Waals surface area contributed by atoms with Gasteiger partial charge in [-0.1, -0.05) is 24.6 Å². The van der Waals surface area contributed by atoms with Gasteiger partial charge in [-0.05, 0) is 49.1 Å². The molecule has 0 aliphatic rings. The molecule has 2 N–H and O–H groups in total. The molecule has 1 nitrogen and oxygen atoms in total. The Bertz CT molecular complexity index is 284. The van der Waals surface area contributed by atoms with Crippen LogP contribution in [0.5, 0.6) is 0 Å². The zero-order chi connectivity index (χ0) is 10.0. The molecule has 0 bridgehead atoms. The third kappa shape index (κ3) is 2.23. The standard InChI is InChI=1S/C11H16ClN/c1-7-4-10(8(2)6-13)5-11(12)9(7)3/h4-5,8H,6,13H2,1-3H3. The Hall–Kier alpha value is -0.530. The van der Waals surface area contributed by atoms with E-state index in [-0.39, 0.29) is 0 Å². The maximum atomic E-state index is 6.08. The van der Waals surface area contributed by atoms with Crippen LogP contribution in [0.1, 0.15) is 29.5 Å². The predicted molar refractivity (Wildman–Crippen MR) is 58.4 cm³/mol. The Kier molecular flexibility index (Phi) is 3.34. The Morgan fingerprint density at radius 1 is 1.38 bits per heavy atom. The first kappa shape index (κ1) is 10.6. The van der Waals surface area contributed by atoms with E-state index in [1.165, 1.54) is 11.1 Å². The molecular formula is C11H16ClN. The number of aryl methyl sites for hydroxylation is 1. The summed E-state index contributed by atoms with van der Waals surface area (Å²) in [7, 11) is 0. The number of nitrogens with two attached hydrogens (primary N) is 1. The molecule has 2 heteroatoms. The van der Waals surface area contributed by atoms with Crippen LogP contribution in [0.3, 0.4) is 0 Å². The Labute approximate surface area is 84.9 Å². The zero-order valence-corrected chi connectivity index (χ0v) is 9.15. The minimum absolute atomic E-state index is 0.386. The van der Waals surface area contributed by atoms with Gasteiger partial charge in [0.05, 0.1) is 0 Å². The Morgan fingerprint density at radius 3 is 2.46 bits per heavy atom. The molecule has 0 saturated carbocycles. The summed E-state index contributed by atoms with van der Waals surface area (Å²) in [6.07, 6.45) is 0. The molecule has 0 aromatic heterocycles. The number of rotatable bonds is 2. The van der Waals surface area contributed by atoms with Gasteiger partial charge in [-0.3, -0.25) is 0 Å². The monoisotopic (exact) mass is 197 g/mol. The SMILES string of the molecule is Cc1cc(C(C)CN)cc(Cl)c1C. The fourth-order valence-corrected chi connectivity index (χ4v) is 1.54. The molecule has 1 unspecified atom stereocenters. The van der Waals surface area contributed by atoms with Crippen LogP contribution in [0.4, 0.5) is 0 Å². The Balaban J connectivity index is 3.13. The van der Waals surface area contributed by atoms with Crippen molar-refractivity contribution in [2.45, 2.75) is 26.7 Å². The predicted octanol–water partition coefficient (Wildman–Crippen LogP) is 3.02. The van der Waals surface area contributed by atoms with Crippen molar-refractivity contribution in [1.29, 1.82) is 0 Å². The van der Waals surface area contributed by atoms with E-state index >= 15 is 0 Å². The summed E-state index contributed by atoms with van der Waals surface area (Å²) in [6, 6.07) is 4.18. The van der Waals surface area contributed by atoms with Crippen LogP contribution in [0.2, 0.25) is 5.02 Å². The molecule has 0 spiro atoms. The minimum atomic E-state index is 0.386. The third-order valence-corrected chi connectivity index (χ3v) is 2.94. The smallest absolute Gasteiger partial charge is 0.0440 e. The lowest BCUT2D eigenvalue weighted by Gasteiger charge is -2.12. The summed E-state index contributed by atoms with van der Waals surface area (Å²) in [6.45, 7) is 6.89. The van der Waals surface area contributed by atoms with E-state index in [4.69, 9.17) is 17.3 Å². The van der Waals surface area contributed by atoms with Crippen molar-refractivity contribution in [3.63, 3.8) is 0 Å². The van der Waals surface area contributed by atoms with Crippen molar-refractivity contribution in [3.05, 3.63) is 33.8 Å². The van der Waals surface area contributed by atoms with E-state index in [0.717, 1.165) is 10.6 Å². The zero-order valence-electron chi connectivity index (χ0n) is 8.39. The molecule has 72 valence electrons. The number of halogens is 1. The van der Waals surface area contributed by atoms with Crippen LogP contribution >= 0.6 is 11.6 Å². The number of hydrogen-bond acceptors (Lipinski definition) is 1. The lowest BCUT2D eigenvalue weighted by atomic mass is 9.97. The summed E-state index contributed by atoms with van der Waals surface area (Å²) in [5.41, 5.74) is 9.23. The van der Waals surface area contributed by atoms with Gasteiger partial charge in [-0.25, -0.2) is 0 Å². The van der Waals surface area contributed by atoms with E-state index in [1.54, 1.807) is 0 Å². The highest BCUT2D eigenvalue weighted by molar-refractivity contribution is 6.31. The molecule has 0 radical (unpaired) electrons. The quantitative estimate of drug-likeness (QED) is 0.775. The van der Waals surface area contributed by atoms with Gasteiger partial charge in [-0.2, -0.15) is 0 Å². The summed E-state index contributed by atoms with van der Waals surface area (Å²) >= 11 is 6.08. The minimum Gasteiger partial charge on any atom is -0.330 e. The highest BCUT2D eigenvalue weighted by Crippen LogP contribution is 2.25. The van der Waals surface area contributed by atoms with Crippen LogP contribution < -0.4 is 5.73 Å². The molecule has 0 saturated heterocycles. The molecule has 0 fully saturated rings. The van der Waals surface area contributed by atoms with Gasteiger partial charge in [0.15, 0.2) is 0 Å². The second kappa shape index (κ2) is 4.12. The normalized spacial score (nSPS) is 13.0. The van der Waals surface area contributed by atoms with E-state index in [9.17, 15) is 0 Å². The first-order valence-electron chi connectivity index (χ1n) is 4.53. The summed E-state index contributed by atoms with van der Waals surface area (Å²) in [5.74, 6) is 0.386. The first-order valence-corrected chi connectivity index (χ1v) is 4.90. The van der Waals surface area contributed by atoms with Gasteiger partial charge >= 0.3 is 0 Å². The van der Waals surface area contributed by atoms with Crippen LogP contribution in [0.25, 0.3) is 0 Å². The average Bonchev–Trinajstić information content (AvgIpc) is 2.12. The van der Waals surface area contributed by atoms with Gasteiger partial charge in [0.25, 0.3) is 0 Å². The topological polar surface area (TPSA) is 26.0 Å². The lowest BCUT2D eigenvalue weighted by Crippen LogP contribution is -2.09. The summed E-state index contributed by atoms with van der Waals surface area (Å²) in [4.78, 5) is 0. The van der Waals surface area contributed by atoms with Crippen molar-refractivity contribution in [3.8, 4) is 0 Å². The van der Waals surface area contributed by atoms with E-state index in [1.807, 2.05) is 13.0 Å². The molecular weight excluding hydrogens is 182 g/mol. The second-order valence-electron chi connectivity index (χ2n) is 3.58. The van der Waals surface area contributed by atoms with Crippen molar-refractivity contribution in [2.75, 3.05) is 6.54 Å². The van der Waals surface area contributed by atoms with Crippen LogP contribution in [0.15, 0.2) is 12.1 Å². The van der Waals surface area contributed by atoms with Crippen molar-refractivity contribution in [1.82, 2.24) is 0 Å². The van der Waals surface area contributed by atoms with Crippen LogP contribution in [-0.2, 0) is 0 Å². The molecule has 0 heterocycles. The molecule has 1 aromatic rings. The molecule has 1 atom stereocenters. The maximum Gasteiger partial charge on any atom is 0.0440 e. The van der Waals surface area contributed by atoms with E-state index < -0.39 is 0 Å². The molecule has 0 amide bonds. The van der Waals surface area contributed by atoms with Gasteiger partial charge in [0.1, 0.15) is 0 Å².